The molecule has 3 aromatic carbocycles. The Morgan fingerprint density at radius 2 is 1.79 bits per heavy atom. The molecular formula is C27H29N3O3. The van der Waals surface area contributed by atoms with Crippen molar-refractivity contribution in [1.82, 2.24) is 0 Å². The van der Waals surface area contributed by atoms with Crippen LogP contribution in [0.3, 0.4) is 0 Å². The van der Waals surface area contributed by atoms with Gasteiger partial charge in [-0.05, 0) is 72.9 Å². The molecular weight excluding hydrogens is 414 g/mol. The van der Waals surface area contributed by atoms with E-state index < -0.39 is 0 Å². The summed E-state index contributed by atoms with van der Waals surface area (Å²) in [5.41, 5.74) is 9.04. The molecule has 2 unspecified atom stereocenters. The zero-order valence-electron chi connectivity index (χ0n) is 19.2. The van der Waals surface area contributed by atoms with Crippen LogP contribution in [0.25, 0.3) is 0 Å². The third kappa shape index (κ3) is 3.50. The summed E-state index contributed by atoms with van der Waals surface area (Å²) in [6, 6.07) is 14.9. The van der Waals surface area contributed by atoms with Crippen molar-refractivity contribution in [2.24, 2.45) is 0 Å². The monoisotopic (exact) mass is 443 g/mol. The molecule has 170 valence electrons. The van der Waals surface area contributed by atoms with Gasteiger partial charge in [-0.15, -0.1) is 0 Å². The summed E-state index contributed by atoms with van der Waals surface area (Å²) >= 11 is 0. The second-order valence-corrected chi connectivity index (χ2v) is 9.14. The van der Waals surface area contributed by atoms with Crippen molar-refractivity contribution in [2.75, 3.05) is 42.3 Å². The molecule has 33 heavy (non-hydrogen) atoms. The van der Waals surface area contributed by atoms with Gasteiger partial charge in [-0.25, -0.2) is 0 Å². The summed E-state index contributed by atoms with van der Waals surface area (Å²) in [5.74, 6) is 2.76. The molecule has 0 spiro atoms. The predicted molar refractivity (Wildman–Crippen MR) is 131 cm³/mol. The van der Waals surface area contributed by atoms with Gasteiger partial charge in [-0.1, -0.05) is 18.2 Å². The quantitative estimate of drug-likeness (QED) is 0.486. The van der Waals surface area contributed by atoms with E-state index in [1.807, 2.05) is 6.07 Å². The SMILES string of the molecule is Cc1ccc2c(c1)OCC(c1cc(C)c3c(c1)NCC(c1ccc4c(c1C)NCCO4)O3)N2. The molecule has 0 aliphatic carbocycles. The number of anilines is 3. The average Bonchev–Trinajstić information content (AvgIpc) is 2.84. The number of nitrogens with one attached hydrogen (secondary N) is 3. The summed E-state index contributed by atoms with van der Waals surface area (Å²) in [5, 5.41) is 10.7. The van der Waals surface area contributed by atoms with E-state index in [9.17, 15) is 0 Å². The zero-order chi connectivity index (χ0) is 22.5. The third-order valence-electron chi connectivity index (χ3n) is 6.79. The minimum absolute atomic E-state index is 0.0534. The number of hydrogen-bond donors (Lipinski definition) is 3. The van der Waals surface area contributed by atoms with Crippen LogP contribution in [0.4, 0.5) is 17.1 Å². The van der Waals surface area contributed by atoms with Gasteiger partial charge >= 0.3 is 0 Å². The highest BCUT2D eigenvalue weighted by molar-refractivity contribution is 5.68. The van der Waals surface area contributed by atoms with Crippen molar-refractivity contribution >= 4 is 17.1 Å². The molecule has 3 aliphatic rings. The number of fused-ring (bicyclic) bond motifs is 3. The molecule has 2 atom stereocenters. The second-order valence-electron chi connectivity index (χ2n) is 9.14. The Kier molecular flexibility index (Phi) is 4.75. The molecule has 0 saturated carbocycles. The maximum atomic E-state index is 6.55. The van der Waals surface area contributed by atoms with Crippen LogP contribution in [0.2, 0.25) is 0 Å². The van der Waals surface area contributed by atoms with E-state index in [0.29, 0.717) is 19.8 Å². The Labute approximate surface area is 194 Å². The van der Waals surface area contributed by atoms with Crippen LogP contribution in [0.5, 0.6) is 17.2 Å². The van der Waals surface area contributed by atoms with Gasteiger partial charge in [0.1, 0.15) is 36.6 Å². The summed E-state index contributed by atoms with van der Waals surface area (Å²) in [7, 11) is 0. The van der Waals surface area contributed by atoms with Crippen molar-refractivity contribution in [2.45, 2.75) is 32.9 Å². The number of hydrogen-bond acceptors (Lipinski definition) is 6. The summed E-state index contributed by atoms with van der Waals surface area (Å²) < 4.78 is 18.4. The zero-order valence-corrected chi connectivity index (χ0v) is 19.2. The fraction of sp³-hybridized carbons (Fsp3) is 0.333. The summed E-state index contributed by atoms with van der Waals surface area (Å²) in [6.07, 6.45) is -0.0534. The van der Waals surface area contributed by atoms with Crippen LogP contribution < -0.4 is 30.2 Å². The van der Waals surface area contributed by atoms with Crippen molar-refractivity contribution in [1.29, 1.82) is 0 Å². The molecule has 0 bridgehead atoms. The molecule has 6 heteroatoms. The van der Waals surface area contributed by atoms with Gasteiger partial charge in [0.15, 0.2) is 0 Å². The van der Waals surface area contributed by atoms with Crippen LogP contribution >= 0.6 is 0 Å². The maximum Gasteiger partial charge on any atom is 0.146 e. The summed E-state index contributed by atoms with van der Waals surface area (Å²) in [4.78, 5) is 0. The lowest BCUT2D eigenvalue weighted by molar-refractivity contribution is 0.208. The highest BCUT2D eigenvalue weighted by Crippen LogP contribution is 2.43. The van der Waals surface area contributed by atoms with Crippen molar-refractivity contribution in [3.8, 4) is 17.2 Å². The maximum absolute atomic E-state index is 6.55. The molecule has 3 N–H and O–H groups in total. The topological polar surface area (TPSA) is 63.8 Å². The molecule has 3 aromatic rings. The van der Waals surface area contributed by atoms with Gasteiger partial charge in [0.2, 0.25) is 0 Å². The Balaban J connectivity index is 1.26. The fourth-order valence-corrected chi connectivity index (χ4v) is 5.03. The standard InChI is InChI=1S/C27H29N3O3/c1-15-4-6-20-24(10-15)32-14-22(30-20)18-11-16(2)27-21(12-18)29-13-25(33-27)19-5-7-23-26(17(19)3)28-8-9-31-23/h4-7,10-12,22,25,28-30H,8-9,13-14H2,1-3H3. The minimum Gasteiger partial charge on any atom is -0.490 e. The lowest BCUT2D eigenvalue weighted by atomic mass is 9.97. The molecule has 3 aliphatic heterocycles. The Morgan fingerprint density at radius 1 is 0.879 bits per heavy atom. The van der Waals surface area contributed by atoms with E-state index in [1.54, 1.807) is 0 Å². The van der Waals surface area contributed by atoms with Crippen LogP contribution in [0, 0.1) is 20.8 Å². The normalized spacial score (nSPS) is 20.3. The molecule has 0 amide bonds. The molecule has 0 aromatic heterocycles. The first-order valence-electron chi connectivity index (χ1n) is 11.6. The molecule has 0 saturated heterocycles. The predicted octanol–water partition coefficient (Wildman–Crippen LogP) is 5.51. The van der Waals surface area contributed by atoms with E-state index in [4.69, 9.17) is 14.2 Å². The van der Waals surface area contributed by atoms with Gasteiger partial charge in [0, 0.05) is 6.54 Å². The van der Waals surface area contributed by atoms with Crippen molar-refractivity contribution in [3.63, 3.8) is 0 Å². The highest BCUT2D eigenvalue weighted by Gasteiger charge is 2.28. The van der Waals surface area contributed by atoms with Crippen molar-refractivity contribution in [3.05, 3.63) is 70.3 Å². The van der Waals surface area contributed by atoms with E-state index in [-0.39, 0.29) is 12.1 Å². The van der Waals surface area contributed by atoms with Gasteiger partial charge in [-0.3, -0.25) is 0 Å². The number of ether oxygens (including phenoxy) is 3. The van der Waals surface area contributed by atoms with Gasteiger partial charge in [0.05, 0.1) is 29.6 Å². The number of rotatable bonds is 2. The van der Waals surface area contributed by atoms with Crippen molar-refractivity contribution < 1.29 is 14.2 Å². The van der Waals surface area contributed by atoms with E-state index in [0.717, 1.165) is 46.4 Å². The van der Waals surface area contributed by atoms with E-state index in [2.05, 4.69) is 73.1 Å². The smallest absolute Gasteiger partial charge is 0.146 e. The Hall–Kier alpha value is -3.54. The molecule has 3 heterocycles. The Morgan fingerprint density at radius 3 is 2.70 bits per heavy atom. The molecule has 6 nitrogen and oxygen atoms in total. The Bertz CT molecular complexity index is 1240. The first-order valence-corrected chi connectivity index (χ1v) is 11.6. The van der Waals surface area contributed by atoms with Gasteiger partial charge < -0.3 is 30.2 Å². The lowest BCUT2D eigenvalue weighted by Gasteiger charge is -2.33. The first kappa shape index (κ1) is 20.1. The van der Waals surface area contributed by atoms with Gasteiger partial charge in [0.25, 0.3) is 0 Å². The number of aryl methyl sites for hydroxylation is 2. The molecule has 0 radical (unpaired) electrons. The average molecular weight is 444 g/mol. The second kappa shape index (κ2) is 7.80. The van der Waals surface area contributed by atoms with E-state index >= 15 is 0 Å². The lowest BCUT2D eigenvalue weighted by Crippen LogP contribution is -2.27. The van der Waals surface area contributed by atoms with Gasteiger partial charge in [-0.2, -0.15) is 0 Å². The number of benzene rings is 3. The molecule has 6 rings (SSSR count). The first-order chi connectivity index (χ1) is 16.1. The minimum atomic E-state index is -0.0534. The fourth-order valence-electron chi connectivity index (χ4n) is 5.03. The summed E-state index contributed by atoms with van der Waals surface area (Å²) in [6.45, 7) is 9.18. The van der Waals surface area contributed by atoms with Crippen LogP contribution in [0.1, 0.15) is 40.0 Å². The van der Waals surface area contributed by atoms with Crippen LogP contribution in [-0.4, -0.2) is 26.3 Å². The highest BCUT2D eigenvalue weighted by atomic mass is 16.5. The third-order valence-corrected chi connectivity index (χ3v) is 6.79. The largest absolute Gasteiger partial charge is 0.490 e. The van der Waals surface area contributed by atoms with E-state index in [1.165, 1.54) is 22.3 Å². The van der Waals surface area contributed by atoms with Crippen LogP contribution in [-0.2, 0) is 0 Å². The molecule has 0 fully saturated rings. The van der Waals surface area contributed by atoms with Crippen LogP contribution in [0.15, 0.2) is 42.5 Å².